The summed E-state index contributed by atoms with van der Waals surface area (Å²) in [7, 11) is 1.55. The summed E-state index contributed by atoms with van der Waals surface area (Å²) in [6, 6.07) is 10.4. The second-order valence-corrected chi connectivity index (χ2v) is 6.74. The molecule has 2 aliphatic heterocycles. The molecule has 130 valence electrons. The summed E-state index contributed by atoms with van der Waals surface area (Å²) >= 11 is 0. The van der Waals surface area contributed by atoms with Gasteiger partial charge in [0, 0.05) is 20.6 Å². The summed E-state index contributed by atoms with van der Waals surface area (Å²) in [5, 5.41) is 0. The Balaban J connectivity index is 1.92. The zero-order chi connectivity index (χ0) is 17.1. The van der Waals surface area contributed by atoms with Crippen LogP contribution in [-0.4, -0.2) is 54.0 Å². The summed E-state index contributed by atoms with van der Waals surface area (Å²) in [5.41, 5.74) is 1.15. The Hall–Kier alpha value is -1.88. The molecule has 0 unspecified atom stereocenters. The molecular formula is C19H26N2O3. The molecule has 5 nitrogen and oxygen atoms in total. The van der Waals surface area contributed by atoms with Gasteiger partial charge in [-0.2, -0.15) is 0 Å². The molecule has 2 amide bonds. The first kappa shape index (κ1) is 17.0. The number of carbonyl (C=O) groups excluding carboxylic acids is 2. The molecule has 2 fully saturated rings. The fourth-order valence-corrected chi connectivity index (χ4v) is 4.32. The van der Waals surface area contributed by atoms with Crippen LogP contribution in [-0.2, 0) is 14.3 Å². The van der Waals surface area contributed by atoms with Crippen molar-refractivity contribution in [2.45, 2.75) is 50.7 Å². The van der Waals surface area contributed by atoms with Gasteiger partial charge in [0.25, 0.3) is 0 Å². The van der Waals surface area contributed by atoms with Crippen molar-refractivity contribution in [2.24, 2.45) is 0 Å². The van der Waals surface area contributed by atoms with Crippen molar-refractivity contribution in [3.8, 4) is 0 Å². The topological polar surface area (TPSA) is 49.9 Å². The maximum Gasteiger partial charge on any atom is 0.248 e. The normalized spacial score (nSPS) is 26.8. The van der Waals surface area contributed by atoms with E-state index in [1.54, 1.807) is 14.0 Å². The molecule has 1 aromatic carbocycles. The number of likely N-dealkylation sites (tertiary alicyclic amines) is 2. The molecule has 0 bridgehead atoms. The predicted octanol–water partition coefficient (Wildman–Crippen LogP) is 2.38. The molecule has 2 saturated heterocycles. The van der Waals surface area contributed by atoms with E-state index in [2.05, 4.69) is 12.1 Å². The van der Waals surface area contributed by atoms with Crippen molar-refractivity contribution in [1.82, 2.24) is 9.80 Å². The fourth-order valence-electron chi connectivity index (χ4n) is 4.32. The predicted molar refractivity (Wildman–Crippen MR) is 91.3 cm³/mol. The number of benzene rings is 1. The quantitative estimate of drug-likeness (QED) is 0.855. The largest absolute Gasteiger partial charge is 0.375 e. The molecule has 3 atom stereocenters. The number of fused-ring (bicyclic) bond motifs is 1. The lowest BCUT2D eigenvalue weighted by Crippen LogP contribution is -2.48. The third-order valence-electron chi connectivity index (χ3n) is 5.29. The average molecular weight is 330 g/mol. The van der Waals surface area contributed by atoms with Gasteiger partial charge in [0.1, 0.15) is 6.61 Å². The minimum atomic E-state index is 0.0339. The molecule has 0 aromatic heterocycles. The van der Waals surface area contributed by atoms with Crippen LogP contribution >= 0.6 is 0 Å². The molecule has 0 saturated carbocycles. The smallest absolute Gasteiger partial charge is 0.248 e. The zero-order valence-corrected chi connectivity index (χ0v) is 14.5. The second-order valence-electron chi connectivity index (χ2n) is 6.74. The number of nitrogens with zero attached hydrogens (tertiary/aromatic N) is 2. The molecule has 24 heavy (non-hydrogen) atoms. The van der Waals surface area contributed by atoms with Gasteiger partial charge < -0.3 is 14.5 Å². The monoisotopic (exact) mass is 330 g/mol. The Morgan fingerprint density at radius 3 is 2.58 bits per heavy atom. The number of rotatable bonds is 3. The Labute approximate surface area is 143 Å². The van der Waals surface area contributed by atoms with E-state index in [0.717, 1.165) is 37.8 Å². The van der Waals surface area contributed by atoms with Crippen molar-refractivity contribution in [3.05, 3.63) is 35.9 Å². The summed E-state index contributed by atoms with van der Waals surface area (Å²) in [5.74, 6) is 0.129. The van der Waals surface area contributed by atoms with Gasteiger partial charge in [-0.1, -0.05) is 30.3 Å². The van der Waals surface area contributed by atoms with Crippen LogP contribution in [0.1, 0.15) is 44.2 Å². The minimum Gasteiger partial charge on any atom is -0.375 e. The average Bonchev–Trinajstić information content (AvgIpc) is 2.83. The van der Waals surface area contributed by atoms with Crippen molar-refractivity contribution >= 4 is 11.8 Å². The lowest BCUT2D eigenvalue weighted by atomic mass is 10.0. The summed E-state index contributed by atoms with van der Waals surface area (Å²) in [6.07, 6.45) is 3.81. The van der Waals surface area contributed by atoms with Crippen LogP contribution in [0.5, 0.6) is 0 Å². The number of hydrogen-bond acceptors (Lipinski definition) is 3. The third kappa shape index (κ3) is 3.18. The second kappa shape index (κ2) is 7.34. The van der Waals surface area contributed by atoms with Gasteiger partial charge in [0.15, 0.2) is 0 Å². The molecule has 0 N–H and O–H groups in total. The van der Waals surface area contributed by atoms with Gasteiger partial charge >= 0.3 is 0 Å². The molecule has 0 radical (unpaired) electrons. The van der Waals surface area contributed by atoms with Crippen molar-refractivity contribution in [3.63, 3.8) is 0 Å². The van der Waals surface area contributed by atoms with Crippen LogP contribution in [0.3, 0.4) is 0 Å². The first-order chi connectivity index (χ1) is 11.6. The highest BCUT2D eigenvalue weighted by Gasteiger charge is 2.47. The molecule has 0 spiro atoms. The Morgan fingerprint density at radius 2 is 1.92 bits per heavy atom. The minimum absolute atomic E-state index is 0.0339. The summed E-state index contributed by atoms with van der Waals surface area (Å²) in [6.45, 7) is 2.51. The molecule has 2 heterocycles. The molecule has 3 rings (SSSR count). The van der Waals surface area contributed by atoms with Crippen LogP contribution < -0.4 is 0 Å². The SMILES string of the molecule is COCC(=O)N1CCCC[C@H]2[C@H]1C[C@@H](c1ccccc1)N2C(C)=O. The van der Waals surface area contributed by atoms with Gasteiger partial charge in [0.2, 0.25) is 11.8 Å². The Morgan fingerprint density at radius 1 is 1.17 bits per heavy atom. The van der Waals surface area contributed by atoms with E-state index < -0.39 is 0 Å². The summed E-state index contributed by atoms with van der Waals surface area (Å²) < 4.78 is 5.06. The van der Waals surface area contributed by atoms with Gasteiger partial charge in [-0.25, -0.2) is 0 Å². The van der Waals surface area contributed by atoms with Gasteiger partial charge in [-0.05, 0) is 31.2 Å². The Bertz CT molecular complexity index is 590. The number of carbonyl (C=O) groups is 2. The molecule has 0 aliphatic carbocycles. The first-order valence-corrected chi connectivity index (χ1v) is 8.75. The van der Waals surface area contributed by atoms with E-state index in [1.807, 2.05) is 28.0 Å². The number of hydrogen-bond donors (Lipinski definition) is 0. The highest BCUT2D eigenvalue weighted by molar-refractivity contribution is 5.79. The molecular weight excluding hydrogens is 304 g/mol. The van der Waals surface area contributed by atoms with E-state index in [9.17, 15) is 9.59 Å². The van der Waals surface area contributed by atoms with Crippen molar-refractivity contribution < 1.29 is 14.3 Å². The molecule has 5 heteroatoms. The highest BCUT2D eigenvalue weighted by atomic mass is 16.5. The van der Waals surface area contributed by atoms with Crippen molar-refractivity contribution in [1.29, 1.82) is 0 Å². The van der Waals surface area contributed by atoms with Crippen LogP contribution in [0.4, 0.5) is 0 Å². The lowest BCUT2D eigenvalue weighted by molar-refractivity contribution is -0.139. The van der Waals surface area contributed by atoms with Crippen LogP contribution in [0.2, 0.25) is 0 Å². The fraction of sp³-hybridized carbons (Fsp3) is 0.579. The maximum atomic E-state index is 12.5. The standard InChI is InChI=1S/C19H26N2O3/c1-14(22)21-16-10-6-7-11-20(19(23)13-24-2)18(16)12-17(21)15-8-4-3-5-9-15/h3-5,8-9,16-18H,6-7,10-13H2,1-2H3/t16-,17-,18+/m0/s1. The first-order valence-electron chi connectivity index (χ1n) is 8.75. The van der Waals surface area contributed by atoms with Gasteiger partial charge in [0.05, 0.1) is 18.1 Å². The maximum absolute atomic E-state index is 12.5. The van der Waals surface area contributed by atoms with E-state index in [4.69, 9.17) is 4.74 Å². The molecule has 1 aromatic rings. The van der Waals surface area contributed by atoms with E-state index in [1.165, 1.54) is 0 Å². The van der Waals surface area contributed by atoms with Gasteiger partial charge in [-0.3, -0.25) is 9.59 Å². The van der Waals surface area contributed by atoms with Crippen LogP contribution in [0.15, 0.2) is 30.3 Å². The zero-order valence-electron chi connectivity index (χ0n) is 14.5. The van der Waals surface area contributed by atoms with Gasteiger partial charge in [-0.15, -0.1) is 0 Å². The van der Waals surface area contributed by atoms with E-state index in [-0.39, 0.29) is 36.5 Å². The third-order valence-corrected chi connectivity index (χ3v) is 5.29. The number of methoxy groups -OCH3 is 1. The van der Waals surface area contributed by atoms with E-state index in [0.29, 0.717) is 0 Å². The van der Waals surface area contributed by atoms with Crippen molar-refractivity contribution in [2.75, 3.05) is 20.3 Å². The van der Waals surface area contributed by atoms with E-state index >= 15 is 0 Å². The lowest BCUT2D eigenvalue weighted by Gasteiger charge is -2.33. The highest BCUT2D eigenvalue weighted by Crippen LogP contribution is 2.41. The number of amides is 2. The number of ether oxygens (including phenoxy) is 1. The Kier molecular flexibility index (Phi) is 5.19. The van der Waals surface area contributed by atoms with Crippen LogP contribution in [0, 0.1) is 0 Å². The van der Waals surface area contributed by atoms with Crippen LogP contribution in [0.25, 0.3) is 0 Å². The molecule has 2 aliphatic rings. The summed E-state index contributed by atoms with van der Waals surface area (Å²) in [4.78, 5) is 28.9.